The van der Waals surface area contributed by atoms with E-state index in [1.807, 2.05) is 64.1 Å². The number of nitrogens with zero attached hydrogens (tertiary/aromatic N) is 1. The minimum absolute atomic E-state index is 0.00688. The predicted molar refractivity (Wildman–Crippen MR) is 252 cm³/mol. The van der Waals surface area contributed by atoms with E-state index in [1.54, 1.807) is 48.7 Å². The number of urea groups is 1. The van der Waals surface area contributed by atoms with E-state index < -0.39 is 77.8 Å². The molecule has 17 heteroatoms. The van der Waals surface area contributed by atoms with Crippen molar-refractivity contribution in [3.8, 4) is 0 Å². The summed E-state index contributed by atoms with van der Waals surface area (Å²) >= 11 is 6.28. The third-order valence-electron chi connectivity index (χ3n) is 11.6. The van der Waals surface area contributed by atoms with E-state index in [2.05, 4.69) is 36.9 Å². The molecule has 1 aromatic heterocycles. The lowest BCUT2D eigenvalue weighted by atomic mass is 9.97. The molecule has 0 bridgehead atoms. The quantitative estimate of drug-likeness (QED) is 0.0940. The largest absolute Gasteiger partial charge is 0.480 e. The molecule has 354 valence electrons. The van der Waals surface area contributed by atoms with Crippen LogP contribution in [-0.2, 0) is 48.0 Å². The highest BCUT2D eigenvalue weighted by Crippen LogP contribution is 2.25. The molecule has 8 N–H and O–H groups in total. The maximum Gasteiger partial charge on any atom is 0.326 e. The number of benzene rings is 3. The van der Waals surface area contributed by atoms with Crippen LogP contribution >= 0.6 is 11.6 Å². The number of aliphatic carboxylic acids is 1. The molecule has 3 aromatic carbocycles. The van der Waals surface area contributed by atoms with E-state index in [0.29, 0.717) is 23.4 Å². The fraction of sp³-hybridized carbons (Fsp3) is 0.449. The number of likely N-dealkylation sites (N-methyl/N-ethyl adjacent to an activating group) is 1. The van der Waals surface area contributed by atoms with Crippen molar-refractivity contribution in [3.05, 3.63) is 107 Å². The molecule has 1 saturated heterocycles. The van der Waals surface area contributed by atoms with E-state index in [9.17, 15) is 38.7 Å². The van der Waals surface area contributed by atoms with Crippen molar-refractivity contribution in [2.45, 2.75) is 115 Å². The zero-order valence-electron chi connectivity index (χ0n) is 38.2. The summed E-state index contributed by atoms with van der Waals surface area (Å²) in [5, 5.41) is 27.9. The third-order valence-corrected chi connectivity index (χ3v) is 11.8. The lowest BCUT2D eigenvalue weighted by Crippen LogP contribution is -2.60. The van der Waals surface area contributed by atoms with Gasteiger partial charge in [-0.15, -0.1) is 0 Å². The fourth-order valence-electron chi connectivity index (χ4n) is 8.09. The second kappa shape index (κ2) is 24.2. The lowest BCUT2D eigenvalue weighted by molar-refractivity contribution is -0.143. The van der Waals surface area contributed by atoms with Crippen molar-refractivity contribution in [2.75, 3.05) is 13.6 Å². The number of aromatic nitrogens is 1. The maximum atomic E-state index is 14.8. The van der Waals surface area contributed by atoms with Gasteiger partial charge in [0, 0.05) is 55.0 Å². The molecule has 16 nitrogen and oxygen atoms in total. The highest BCUT2D eigenvalue weighted by atomic mass is 35.5. The van der Waals surface area contributed by atoms with Crippen LogP contribution in [0, 0.1) is 11.8 Å². The van der Waals surface area contributed by atoms with Crippen LogP contribution in [0.3, 0.4) is 0 Å². The molecule has 0 radical (unpaired) electrons. The van der Waals surface area contributed by atoms with Gasteiger partial charge in [0.15, 0.2) is 0 Å². The van der Waals surface area contributed by atoms with Gasteiger partial charge in [0.2, 0.25) is 29.5 Å². The van der Waals surface area contributed by atoms with Gasteiger partial charge in [-0.3, -0.25) is 24.0 Å². The molecule has 66 heavy (non-hydrogen) atoms. The molecule has 5 rings (SSSR count). The van der Waals surface area contributed by atoms with Crippen molar-refractivity contribution < 1.29 is 38.7 Å². The molecule has 7 amide bonds. The minimum Gasteiger partial charge on any atom is -0.480 e. The molecular weight excluding hydrogens is 864 g/mol. The zero-order valence-corrected chi connectivity index (χ0v) is 39.0. The number of carbonyl (C=O) groups is 7. The Bertz CT molecular complexity index is 2310. The molecule has 0 unspecified atom stereocenters. The van der Waals surface area contributed by atoms with Gasteiger partial charge in [0.05, 0.1) is 0 Å². The van der Waals surface area contributed by atoms with Crippen molar-refractivity contribution >= 4 is 64.0 Å². The second-order valence-corrected chi connectivity index (χ2v) is 18.3. The van der Waals surface area contributed by atoms with E-state index >= 15 is 0 Å². The summed E-state index contributed by atoms with van der Waals surface area (Å²) in [7, 11) is 1.50. The Hall–Kier alpha value is -6.42. The molecule has 1 fully saturated rings. The zero-order chi connectivity index (χ0) is 47.9. The van der Waals surface area contributed by atoms with Gasteiger partial charge in [0.1, 0.15) is 36.3 Å². The number of hydrogen-bond acceptors (Lipinski definition) is 7. The summed E-state index contributed by atoms with van der Waals surface area (Å²) < 4.78 is 0. The monoisotopic (exact) mass is 926 g/mol. The number of fused-ring (bicyclic) bond motifs is 1. The first kappa shape index (κ1) is 50.6. The summed E-state index contributed by atoms with van der Waals surface area (Å²) in [5.74, 6) is -4.39. The summed E-state index contributed by atoms with van der Waals surface area (Å²) in [6, 6.07) is 15.4. The Morgan fingerprint density at radius 1 is 0.758 bits per heavy atom. The Balaban J connectivity index is 1.48. The van der Waals surface area contributed by atoms with Crippen molar-refractivity contribution in [3.63, 3.8) is 0 Å². The molecule has 0 spiro atoms. The molecule has 2 heterocycles. The minimum atomic E-state index is -1.31. The standard InChI is InChI=1S/C49H63ClN8O8/c1-29(2)22-38-45(61)55-40(23-30(3)4)47(63)58(5)42(26-33-28-52-37-27-34(50)19-20-35(33)37)46(62)54-39(24-31-14-8-6-9-15-31)43(59)51-21-13-12-18-36(44(60)53-38)56-49(66)57-41(48(64)65)25-32-16-10-7-11-17-32/h6-11,14-17,19-20,27-30,36,38-42,52H,12-13,18,21-26H2,1-5H3,(H,51,59)(H,53,60)(H,54,62)(H,55,61)(H,64,65)(H2,56,57,66)/t36-,38-,39-,40-,41-,42-/m1/s1. The van der Waals surface area contributed by atoms with Gasteiger partial charge in [-0.2, -0.15) is 0 Å². The van der Waals surface area contributed by atoms with E-state index in [0.717, 1.165) is 22.0 Å². The number of carboxylic acid groups (broad SMARTS) is 1. The number of carboxylic acids is 1. The first-order chi connectivity index (χ1) is 31.5. The lowest BCUT2D eigenvalue weighted by Gasteiger charge is -2.33. The fourth-order valence-corrected chi connectivity index (χ4v) is 8.27. The first-order valence-electron chi connectivity index (χ1n) is 22.6. The van der Waals surface area contributed by atoms with E-state index in [-0.39, 0.29) is 56.9 Å². The van der Waals surface area contributed by atoms with Gasteiger partial charge < -0.3 is 46.9 Å². The van der Waals surface area contributed by atoms with Crippen molar-refractivity contribution in [2.24, 2.45) is 11.8 Å². The number of nitrogens with one attached hydrogen (secondary N) is 7. The predicted octanol–water partition coefficient (Wildman–Crippen LogP) is 4.64. The number of halogens is 1. The Labute approximate surface area is 390 Å². The number of H-pyrrole nitrogens is 1. The molecule has 1 aliphatic rings. The average Bonchev–Trinajstić information content (AvgIpc) is 3.67. The number of aromatic amines is 1. The molecule has 0 aliphatic carbocycles. The van der Waals surface area contributed by atoms with E-state index in [1.165, 1.54) is 11.9 Å². The Morgan fingerprint density at radius 3 is 2.03 bits per heavy atom. The molecule has 0 saturated carbocycles. The van der Waals surface area contributed by atoms with Crippen molar-refractivity contribution in [1.29, 1.82) is 0 Å². The van der Waals surface area contributed by atoms with Crippen LogP contribution in [0.4, 0.5) is 4.79 Å². The number of carbonyl (C=O) groups excluding carboxylic acids is 6. The van der Waals surface area contributed by atoms with Gasteiger partial charge in [0.25, 0.3) is 0 Å². The summed E-state index contributed by atoms with van der Waals surface area (Å²) in [4.78, 5) is 102. The molecule has 1 aliphatic heterocycles. The van der Waals surface area contributed by atoms with Gasteiger partial charge in [-0.25, -0.2) is 9.59 Å². The Morgan fingerprint density at radius 2 is 1.38 bits per heavy atom. The normalized spacial score (nSPS) is 21.2. The van der Waals surface area contributed by atoms with Crippen LogP contribution in [0.5, 0.6) is 0 Å². The second-order valence-electron chi connectivity index (χ2n) is 17.8. The Kier molecular flexibility index (Phi) is 18.5. The van der Waals surface area contributed by atoms with Gasteiger partial charge in [-0.1, -0.05) is 106 Å². The average molecular weight is 928 g/mol. The summed E-state index contributed by atoms with van der Waals surface area (Å²) in [5.41, 5.74) is 2.92. The van der Waals surface area contributed by atoms with Gasteiger partial charge in [-0.05, 0) is 72.8 Å². The van der Waals surface area contributed by atoms with Crippen LogP contribution < -0.4 is 31.9 Å². The van der Waals surface area contributed by atoms with E-state index in [4.69, 9.17) is 11.6 Å². The number of hydrogen-bond donors (Lipinski definition) is 8. The molecule has 4 aromatic rings. The summed E-state index contributed by atoms with van der Waals surface area (Å²) in [6.07, 6.45) is 3.03. The molecule has 6 atom stereocenters. The van der Waals surface area contributed by atoms with Gasteiger partial charge >= 0.3 is 12.0 Å². The number of rotatable bonds is 13. The SMILES string of the molecule is CC(C)C[C@H]1NC(=O)[C@H](NC(=O)N[C@H](Cc2ccccc2)C(=O)O)CCCCNC(=O)[C@@H](Cc2ccccc2)NC(=O)[C@@H](Cc2c[nH]c3cc(Cl)ccc23)N(C)C(=O)[C@@H](CC(C)C)NC1=O. The van der Waals surface area contributed by atoms with Crippen LogP contribution in [0.15, 0.2) is 85.1 Å². The molecular formula is C49H63ClN8O8. The highest BCUT2D eigenvalue weighted by Gasteiger charge is 2.37. The highest BCUT2D eigenvalue weighted by molar-refractivity contribution is 6.31. The van der Waals surface area contributed by atoms with Crippen molar-refractivity contribution in [1.82, 2.24) is 41.8 Å². The smallest absolute Gasteiger partial charge is 0.326 e. The topological polar surface area (TPSA) is 231 Å². The van der Waals surface area contributed by atoms with Crippen LogP contribution in [0.25, 0.3) is 10.9 Å². The first-order valence-corrected chi connectivity index (χ1v) is 23.0. The number of amides is 7. The van der Waals surface area contributed by atoms with Crippen LogP contribution in [0.2, 0.25) is 5.02 Å². The van der Waals surface area contributed by atoms with Crippen LogP contribution in [-0.4, -0.2) is 106 Å². The third kappa shape index (κ3) is 14.8. The maximum absolute atomic E-state index is 14.8. The van der Waals surface area contributed by atoms with Crippen LogP contribution in [0.1, 0.15) is 76.5 Å². The summed E-state index contributed by atoms with van der Waals surface area (Å²) in [6.45, 7) is 7.69.